The fraction of sp³-hybridized carbons (Fsp3) is 0.346. The number of benzene rings is 2. The molecule has 1 N–H and O–H groups in total. The molecule has 2 aromatic carbocycles. The van der Waals surface area contributed by atoms with Crippen LogP contribution in [0, 0.1) is 0 Å². The van der Waals surface area contributed by atoms with Crippen molar-refractivity contribution in [3.63, 3.8) is 0 Å². The zero-order valence-electron chi connectivity index (χ0n) is 20.9. The van der Waals surface area contributed by atoms with Crippen LogP contribution in [-0.2, 0) is 26.8 Å². The average molecular weight is 689 g/mol. The second-order valence-corrected chi connectivity index (χ2v) is 16.7. The molecule has 0 radical (unpaired) electrons. The SMILES string of the molecule is CC(=Cc1[se]c2ccccc2[n+]1CCCCS(=O)(=O)O)C=C1[Se]c2ccccc2N1CCCCS(=O)(=O)[O-]. The predicted octanol–water partition coefficient (Wildman–Crippen LogP) is 2.27. The van der Waals surface area contributed by atoms with E-state index in [0.29, 0.717) is 38.8 Å². The van der Waals surface area contributed by atoms with Crippen LogP contribution in [0.4, 0.5) is 5.69 Å². The Hall–Kier alpha value is -1.75. The van der Waals surface area contributed by atoms with E-state index in [0.717, 1.165) is 16.8 Å². The third-order valence-electron chi connectivity index (χ3n) is 6.04. The van der Waals surface area contributed by atoms with Crippen molar-refractivity contribution < 1.29 is 30.5 Å². The Labute approximate surface area is 236 Å². The molecule has 0 bridgehead atoms. The van der Waals surface area contributed by atoms with Crippen molar-refractivity contribution in [2.75, 3.05) is 23.0 Å². The Balaban J connectivity index is 1.57. The molecule has 0 atom stereocenters. The van der Waals surface area contributed by atoms with Gasteiger partial charge < -0.3 is 0 Å². The first kappa shape index (κ1) is 29.2. The van der Waals surface area contributed by atoms with Gasteiger partial charge in [-0.1, -0.05) is 0 Å². The molecule has 1 aromatic heterocycles. The summed E-state index contributed by atoms with van der Waals surface area (Å²) < 4.78 is 71.5. The van der Waals surface area contributed by atoms with Gasteiger partial charge in [-0.25, -0.2) is 0 Å². The fourth-order valence-electron chi connectivity index (χ4n) is 4.32. The van der Waals surface area contributed by atoms with E-state index in [1.807, 2.05) is 24.3 Å². The summed E-state index contributed by atoms with van der Waals surface area (Å²) in [4.78, 5) is 2.25. The predicted molar refractivity (Wildman–Crippen MR) is 151 cm³/mol. The minimum atomic E-state index is -4.21. The monoisotopic (exact) mass is 690 g/mol. The standard InChI is InChI=1S/C26H30N2O6S2Se2/c1-20(18-25-27(14-6-8-16-35(29,30)31)21-10-2-4-12-23(21)37-25)19-26-28(15-7-9-17-36(32,33)34)22-11-3-5-13-24(22)38-26/h2-5,10-13,18-19H,6-9,14-17H2,1H3,(H-,29,30,31,32,33,34). The molecule has 2 heterocycles. The number of aromatic nitrogens is 1. The number of para-hydroxylation sites is 2. The van der Waals surface area contributed by atoms with E-state index in [1.165, 1.54) is 17.9 Å². The van der Waals surface area contributed by atoms with Crippen molar-refractivity contribution in [2.45, 2.75) is 39.2 Å². The molecule has 0 amide bonds. The van der Waals surface area contributed by atoms with Gasteiger partial charge in [-0.3, -0.25) is 0 Å². The van der Waals surface area contributed by atoms with Gasteiger partial charge in [0.2, 0.25) is 0 Å². The Morgan fingerprint density at radius 2 is 1.71 bits per heavy atom. The van der Waals surface area contributed by atoms with Gasteiger partial charge in [-0.15, -0.1) is 0 Å². The molecule has 1 aliphatic rings. The quantitative estimate of drug-likeness (QED) is 0.134. The summed E-state index contributed by atoms with van der Waals surface area (Å²) in [6.45, 7) is 3.41. The maximum atomic E-state index is 11.1. The topological polar surface area (TPSA) is 119 Å². The van der Waals surface area contributed by atoms with Gasteiger partial charge in [-0.2, -0.15) is 0 Å². The fourth-order valence-corrected chi connectivity index (χ4v) is 10.5. The van der Waals surface area contributed by atoms with Crippen LogP contribution in [0.2, 0.25) is 0 Å². The van der Waals surface area contributed by atoms with Gasteiger partial charge in [0.1, 0.15) is 0 Å². The third kappa shape index (κ3) is 8.13. The van der Waals surface area contributed by atoms with Crippen LogP contribution >= 0.6 is 0 Å². The van der Waals surface area contributed by atoms with Gasteiger partial charge in [-0.05, 0) is 0 Å². The molecule has 4 rings (SSSR count). The molecular weight excluding hydrogens is 658 g/mol. The van der Waals surface area contributed by atoms with Gasteiger partial charge in [0, 0.05) is 0 Å². The molecule has 204 valence electrons. The molecule has 0 unspecified atom stereocenters. The Bertz CT molecular complexity index is 1580. The number of anilines is 1. The first-order valence-corrected chi connectivity index (χ1v) is 18.9. The summed E-state index contributed by atoms with van der Waals surface area (Å²) >= 11 is 0.229. The van der Waals surface area contributed by atoms with Crippen molar-refractivity contribution in [3.8, 4) is 0 Å². The number of fused-ring (bicyclic) bond motifs is 2. The Morgan fingerprint density at radius 1 is 1.00 bits per heavy atom. The first-order valence-electron chi connectivity index (χ1n) is 12.2. The number of aryl methyl sites for hydroxylation is 1. The van der Waals surface area contributed by atoms with Crippen molar-refractivity contribution in [3.05, 3.63) is 69.3 Å². The van der Waals surface area contributed by atoms with E-state index >= 15 is 0 Å². The second-order valence-electron chi connectivity index (χ2n) is 9.11. The van der Waals surface area contributed by atoms with E-state index < -0.39 is 20.2 Å². The summed E-state index contributed by atoms with van der Waals surface area (Å²) in [6.07, 6.45) is 6.40. The van der Waals surface area contributed by atoms with Crippen LogP contribution < -0.4 is 13.9 Å². The molecule has 12 heteroatoms. The molecule has 3 aromatic rings. The number of rotatable bonds is 12. The molecule has 0 spiro atoms. The first-order chi connectivity index (χ1) is 18.0. The second kappa shape index (κ2) is 12.6. The molecule has 0 fully saturated rings. The number of hydrogen-bond donors (Lipinski definition) is 1. The summed E-state index contributed by atoms with van der Waals surface area (Å²) in [7, 11) is -8.17. The van der Waals surface area contributed by atoms with Gasteiger partial charge in [0.15, 0.2) is 0 Å². The summed E-state index contributed by atoms with van der Waals surface area (Å²) in [5.41, 5.74) is 3.40. The zero-order chi connectivity index (χ0) is 27.3. The van der Waals surface area contributed by atoms with Crippen LogP contribution in [0.5, 0.6) is 0 Å². The maximum absolute atomic E-state index is 11.1. The molecule has 0 saturated carbocycles. The van der Waals surface area contributed by atoms with E-state index in [4.69, 9.17) is 4.55 Å². The Kier molecular flexibility index (Phi) is 9.71. The number of allylic oxidation sites excluding steroid dienone is 2. The summed E-state index contributed by atoms with van der Waals surface area (Å²) in [5.74, 6) is -0.574. The molecule has 1 aliphatic heterocycles. The average Bonchev–Trinajstić information content (AvgIpc) is 3.35. The summed E-state index contributed by atoms with van der Waals surface area (Å²) in [6, 6.07) is 16.5. The van der Waals surface area contributed by atoms with E-state index in [2.05, 4.69) is 52.8 Å². The van der Waals surface area contributed by atoms with Crippen molar-refractivity contribution >= 4 is 75.7 Å². The van der Waals surface area contributed by atoms with Crippen LogP contribution in [0.3, 0.4) is 0 Å². The summed E-state index contributed by atoms with van der Waals surface area (Å²) in [5, 5.41) is 0. The van der Waals surface area contributed by atoms with Gasteiger partial charge in [0.05, 0.1) is 0 Å². The van der Waals surface area contributed by atoms with Gasteiger partial charge in [0.25, 0.3) is 0 Å². The third-order valence-corrected chi connectivity index (χ3v) is 12.3. The molecule has 0 saturated heterocycles. The zero-order valence-corrected chi connectivity index (χ0v) is 26.0. The van der Waals surface area contributed by atoms with Crippen LogP contribution in [-0.4, -0.2) is 73.5 Å². The van der Waals surface area contributed by atoms with E-state index in [9.17, 15) is 21.4 Å². The number of hydrogen-bond acceptors (Lipinski definition) is 6. The van der Waals surface area contributed by atoms with Crippen molar-refractivity contribution in [2.24, 2.45) is 0 Å². The van der Waals surface area contributed by atoms with E-state index in [1.54, 1.807) is 0 Å². The number of nitrogens with zero attached hydrogens (tertiary/aromatic N) is 2. The minimum absolute atomic E-state index is 0.111. The molecule has 0 aliphatic carbocycles. The molecule has 8 nitrogen and oxygen atoms in total. The molecular formula is C26H30N2O6S2Se2. The number of unbranched alkanes of at least 4 members (excludes halogenated alkanes) is 2. The van der Waals surface area contributed by atoms with Gasteiger partial charge >= 0.3 is 238 Å². The molecule has 38 heavy (non-hydrogen) atoms. The van der Waals surface area contributed by atoms with Crippen LogP contribution in [0.25, 0.3) is 15.9 Å². The van der Waals surface area contributed by atoms with Crippen LogP contribution in [0.1, 0.15) is 37.2 Å². The van der Waals surface area contributed by atoms with Crippen molar-refractivity contribution in [1.29, 1.82) is 0 Å². The van der Waals surface area contributed by atoms with E-state index in [-0.39, 0.29) is 41.0 Å². The van der Waals surface area contributed by atoms with Crippen molar-refractivity contribution in [1.82, 2.24) is 0 Å². The van der Waals surface area contributed by atoms with Crippen LogP contribution in [0.15, 0.2) is 64.8 Å². The normalized spacial score (nSPS) is 15.5. The Morgan fingerprint density at radius 3 is 2.47 bits per heavy atom.